The molecule has 0 N–H and O–H groups in total. The molecule has 4 nitrogen and oxygen atoms in total. The van der Waals surface area contributed by atoms with Gasteiger partial charge in [0.25, 0.3) is 0 Å². The van der Waals surface area contributed by atoms with Crippen molar-refractivity contribution in [2.75, 3.05) is 13.2 Å². The van der Waals surface area contributed by atoms with Gasteiger partial charge in [0.05, 0.1) is 30.2 Å². The number of nitriles is 1. The van der Waals surface area contributed by atoms with Gasteiger partial charge >= 0.3 is 7.60 Å². The van der Waals surface area contributed by atoms with E-state index in [-0.39, 0.29) is 0 Å². The van der Waals surface area contributed by atoms with Gasteiger partial charge in [-0.15, -0.1) is 0 Å². The molecule has 0 amide bonds. The lowest BCUT2D eigenvalue weighted by atomic mass is 10.2. The Balaban J connectivity index is 3.20. The molecule has 6 heteroatoms. The minimum absolute atomic E-state index is 0.295. The van der Waals surface area contributed by atoms with Crippen LogP contribution in [0, 0.1) is 11.3 Å². The molecule has 0 heterocycles. The van der Waals surface area contributed by atoms with Crippen molar-refractivity contribution in [3.8, 4) is 6.07 Å². The minimum atomic E-state index is -3.30. The van der Waals surface area contributed by atoms with Crippen LogP contribution in [0.1, 0.15) is 19.4 Å². The molecule has 0 radical (unpaired) electrons. The van der Waals surface area contributed by atoms with Crippen LogP contribution in [0.5, 0.6) is 0 Å². The predicted molar refractivity (Wildman–Crippen MR) is 69.3 cm³/mol. The van der Waals surface area contributed by atoms with Crippen LogP contribution in [0.2, 0.25) is 0 Å². The summed E-state index contributed by atoms with van der Waals surface area (Å²) in [6.07, 6.45) is 0. The van der Waals surface area contributed by atoms with Gasteiger partial charge in [-0.2, -0.15) is 5.26 Å². The molecule has 92 valence electrons. The van der Waals surface area contributed by atoms with Crippen molar-refractivity contribution in [3.63, 3.8) is 0 Å². The number of hydrogen-bond acceptors (Lipinski definition) is 4. The zero-order valence-corrected chi connectivity index (χ0v) is 12.1. The Bertz CT molecular complexity index is 474. The van der Waals surface area contributed by atoms with Crippen molar-refractivity contribution < 1.29 is 13.6 Å². The van der Waals surface area contributed by atoms with Crippen LogP contribution in [0.25, 0.3) is 0 Å². The van der Waals surface area contributed by atoms with Gasteiger partial charge < -0.3 is 9.05 Å². The summed E-state index contributed by atoms with van der Waals surface area (Å²) in [5.74, 6) is 0. The lowest BCUT2D eigenvalue weighted by Crippen LogP contribution is -2.12. The Labute approximate surface area is 109 Å². The lowest BCUT2D eigenvalue weighted by molar-refractivity contribution is 0.230. The van der Waals surface area contributed by atoms with Crippen molar-refractivity contribution in [2.24, 2.45) is 0 Å². The Kier molecular flexibility index (Phi) is 5.35. The fourth-order valence-electron chi connectivity index (χ4n) is 1.31. The maximum absolute atomic E-state index is 12.5. The van der Waals surface area contributed by atoms with E-state index < -0.39 is 7.60 Å². The fourth-order valence-corrected chi connectivity index (χ4v) is 3.96. The van der Waals surface area contributed by atoms with Gasteiger partial charge in [-0.25, -0.2) is 0 Å². The van der Waals surface area contributed by atoms with E-state index in [1.54, 1.807) is 32.0 Å². The van der Waals surface area contributed by atoms with Gasteiger partial charge in [0.2, 0.25) is 0 Å². The molecular weight excluding hydrogens is 305 g/mol. The molecule has 0 spiro atoms. The van der Waals surface area contributed by atoms with Gasteiger partial charge in [-0.1, -0.05) is 0 Å². The van der Waals surface area contributed by atoms with Gasteiger partial charge in [0.1, 0.15) is 0 Å². The third kappa shape index (κ3) is 3.40. The fraction of sp³-hybridized carbons (Fsp3) is 0.364. The topological polar surface area (TPSA) is 59.3 Å². The van der Waals surface area contributed by atoms with Crippen LogP contribution >= 0.6 is 23.5 Å². The molecule has 0 bridgehead atoms. The SMILES string of the molecule is CCOP(=O)(OCC)c1ccc(C#N)cc1Br. The van der Waals surface area contributed by atoms with E-state index in [4.69, 9.17) is 14.3 Å². The Morgan fingerprint density at radius 3 is 2.35 bits per heavy atom. The smallest absolute Gasteiger partial charge is 0.305 e. The van der Waals surface area contributed by atoms with Gasteiger partial charge in [-0.05, 0) is 48.0 Å². The second-order valence-corrected chi connectivity index (χ2v) is 5.96. The second-order valence-electron chi connectivity index (χ2n) is 3.11. The Hall–Kier alpha value is -0.660. The van der Waals surface area contributed by atoms with Crippen molar-refractivity contribution in [2.45, 2.75) is 13.8 Å². The van der Waals surface area contributed by atoms with Gasteiger partial charge in [0.15, 0.2) is 0 Å². The summed E-state index contributed by atoms with van der Waals surface area (Å²) < 4.78 is 23.5. The van der Waals surface area contributed by atoms with Crippen LogP contribution < -0.4 is 5.30 Å². The van der Waals surface area contributed by atoms with Crippen molar-refractivity contribution in [3.05, 3.63) is 28.2 Å². The molecule has 0 fully saturated rings. The number of hydrogen-bond donors (Lipinski definition) is 0. The third-order valence-corrected chi connectivity index (χ3v) is 5.11. The number of rotatable bonds is 5. The van der Waals surface area contributed by atoms with Gasteiger partial charge in [0, 0.05) is 4.47 Å². The van der Waals surface area contributed by atoms with E-state index in [0.717, 1.165) is 0 Å². The first-order valence-corrected chi connectivity index (χ1v) is 7.50. The summed E-state index contributed by atoms with van der Waals surface area (Å²) in [7, 11) is -3.30. The summed E-state index contributed by atoms with van der Waals surface area (Å²) in [6.45, 7) is 4.10. The van der Waals surface area contributed by atoms with Crippen LogP contribution in [0.4, 0.5) is 0 Å². The molecule has 0 unspecified atom stereocenters. The van der Waals surface area contributed by atoms with Crippen molar-refractivity contribution in [1.82, 2.24) is 0 Å². The molecule has 0 aliphatic heterocycles. The highest BCUT2D eigenvalue weighted by molar-refractivity contribution is 9.10. The average Bonchev–Trinajstić information content (AvgIpc) is 2.29. The summed E-state index contributed by atoms with van der Waals surface area (Å²) in [4.78, 5) is 0. The molecule has 17 heavy (non-hydrogen) atoms. The molecular formula is C11H13BrNO3P. The first-order valence-electron chi connectivity index (χ1n) is 5.16. The van der Waals surface area contributed by atoms with Crippen LogP contribution in [0.3, 0.4) is 0 Å². The number of nitrogens with zero attached hydrogens (tertiary/aromatic N) is 1. The first kappa shape index (κ1) is 14.4. The number of benzene rings is 1. The largest absolute Gasteiger partial charge is 0.362 e. The van der Waals surface area contributed by atoms with E-state index in [0.29, 0.717) is 28.6 Å². The minimum Gasteiger partial charge on any atom is -0.305 e. The Morgan fingerprint density at radius 1 is 1.35 bits per heavy atom. The van der Waals surface area contributed by atoms with Crippen LogP contribution in [0.15, 0.2) is 22.7 Å². The molecule has 0 atom stereocenters. The molecule has 0 aliphatic carbocycles. The van der Waals surface area contributed by atoms with E-state index in [1.807, 2.05) is 6.07 Å². The molecule has 0 saturated heterocycles. The normalized spacial score (nSPS) is 11.2. The van der Waals surface area contributed by atoms with E-state index in [9.17, 15) is 4.57 Å². The van der Waals surface area contributed by atoms with Crippen LogP contribution in [-0.2, 0) is 13.6 Å². The second kappa shape index (κ2) is 6.32. The summed E-state index contributed by atoms with van der Waals surface area (Å²) in [6, 6.07) is 6.79. The maximum Gasteiger partial charge on any atom is 0.362 e. The quantitative estimate of drug-likeness (QED) is 0.782. The van der Waals surface area contributed by atoms with E-state index in [2.05, 4.69) is 15.9 Å². The van der Waals surface area contributed by atoms with Crippen LogP contribution in [-0.4, -0.2) is 13.2 Å². The summed E-state index contributed by atoms with van der Waals surface area (Å²) in [5, 5.41) is 9.20. The average molecular weight is 318 g/mol. The first-order chi connectivity index (χ1) is 8.07. The molecule has 1 aromatic rings. The zero-order chi connectivity index (χ0) is 12.9. The monoisotopic (exact) mass is 317 g/mol. The van der Waals surface area contributed by atoms with E-state index >= 15 is 0 Å². The highest BCUT2D eigenvalue weighted by atomic mass is 79.9. The van der Waals surface area contributed by atoms with E-state index in [1.165, 1.54) is 0 Å². The lowest BCUT2D eigenvalue weighted by Gasteiger charge is -2.18. The highest BCUT2D eigenvalue weighted by Crippen LogP contribution is 2.48. The predicted octanol–water partition coefficient (Wildman–Crippen LogP) is 3.21. The molecule has 1 aromatic carbocycles. The zero-order valence-electron chi connectivity index (χ0n) is 9.64. The maximum atomic E-state index is 12.5. The summed E-state index contributed by atoms with van der Waals surface area (Å²) in [5.41, 5.74) is 0.486. The third-order valence-electron chi connectivity index (χ3n) is 1.97. The molecule has 0 aromatic heterocycles. The van der Waals surface area contributed by atoms with Gasteiger partial charge in [-0.3, -0.25) is 4.57 Å². The molecule has 0 aliphatic rings. The highest BCUT2D eigenvalue weighted by Gasteiger charge is 2.29. The van der Waals surface area contributed by atoms with Crippen molar-refractivity contribution in [1.29, 1.82) is 5.26 Å². The number of halogens is 1. The summed E-state index contributed by atoms with van der Waals surface area (Å²) >= 11 is 3.28. The van der Waals surface area contributed by atoms with Crippen molar-refractivity contribution >= 4 is 28.8 Å². The molecule has 0 saturated carbocycles. The standard InChI is InChI=1S/C11H13BrNO3P/c1-3-15-17(14,16-4-2)11-6-5-9(8-13)7-10(11)12/h5-7H,3-4H2,1-2H3. The Morgan fingerprint density at radius 2 is 1.94 bits per heavy atom. The molecule has 1 rings (SSSR count).